The van der Waals surface area contributed by atoms with Crippen molar-refractivity contribution in [2.24, 2.45) is 0 Å². The second-order valence-electron chi connectivity index (χ2n) is 4.82. The highest BCUT2D eigenvalue weighted by Crippen LogP contribution is 2.18. The van der Waals surface area contributed by atoms with Gasteiger partial charge in [-0.25, -0.2) is 0 Å². The summed E-state index contributed by atoms with van der Waals surface area (Å²) in [6.07, 6.45) is 1.41. The maximum atomic E-state index is 12.0. The van der Waals surface area contributed by atoms with Crippen LogP contribution in [0.2, 0.25) is 0 Å². The minimum atomic E-state index is -0.402. The molecule has 0 fully saturated rings. The number of amides is 3. The van der Waals surface area contributed by atoms with Gasteiger partial charge >= 0.3 is 0 Å². The number of furan rings is 1. The zero-order valence-electron chi connectivity index (χ0n) is 12.8. The van der Waals surface area contributed by atoms with Crippen LogP contribution in [0.15, 0.2) is 41.0 Å². The highest BCUT2D eigenvalue weighted by atomic mass is 16.3. The van der Waals surface area contributed by atoms with Gasteiger partial charge < -0.3 is 20.4 Å². The predicted octanol–water partition coefficient (Wildman–Crippen LogP) is 1.32. The van der Waals surface area contributed by atoms with Crippen LogP contribution in [0, 0.1) is 6.92 Å². The van der Waals surface area contributed by atoms with E-state index in [0.717, 1.165) is 5.56 Å². The first-order chi connectivity index (χ1) is 11.0. The van der Waals surface area contributed by atoms with E-state index in [2.05, 4.69) is 16.0 Å². The largest absolute Gasteiger partial charge is 0.459 e. The molecule has 1 aromatic heterocycles. The Morgan fingerprint density at radius 1 is 1.13 bits per heavy atom. The van der Waals surface area contributed by atoms with Gasteiger partial charge in [0, 0.05) is 18.3 Å². The molecule has 0 radical (unpaired) electrons. The molecular formula is C16H17N3O4. The number of carbonyl (C=O) groups excluding carboxylic acids is 3. The van der Waals surface area contributed by atoms with Crippen LogP contribution >= 0.6 is 0 Å². The standard InChI is InChI=1S/C16H17N3O4/c1-10-5-6-11(15(21)18-9-14(20)17-2)8-12(10)19-16(22)13-4-3-7-23-13/h3-8H,9H2,1-2H3,(H,17,20)(H,18,21)(H,19,22). The molecule has 0 aliphatic carbocycles. The van der Waals surface area contributed by atoms with E-state index in [-0.39, 0.29) is 18.2 Å². The fourth-order valence-electron chi connectivity index (χ4n) is 1.84. The third kappa shape index (κ3) is 4.19. The van der Waals surface area contributed by atoms with Crippen LogP contribution in [-0.2, 0) is 4.79 Å². The van der Waals surface area contributed by atoms with E-state index in [4.69, 9.17) is 4.42 Å². The molecule has 7 nitrogen and oxygen atoms in total. The summed E-state index contributed by atoms with van der Waals surface area (Å²) in [5.74, 6) is -0.918. The van der Waals surface area contributed by atoms with Crippen LogP contribution < -0.4 is 16.0 Å². The minimum Gasteiger partial charge on any atom is -0.459 e. The van der Waals surface area contributed by atoms with Gasteiger partial charge in [0.15, 0.2) is 5.76 Å². The van der Waals surface area contributed by atoms with Crippen molar-refractivity contribution >= 4 is 23.4 Å². The number of nitrogens with one attached hydrogen (secondary N) is 3. The van der Waals surface area contributed by atoms with Gasteiger partial charge in [0.05, 0.1) is 12.8 Å². The number of hydrogen-bond donors (Lipinski definition) is 3. The van der Waals surface area contributed by atoms with Gasteiger partial charge in [0.1, 0.15) is 0 Å². The summed E-state index contributed by atoms with van der Waals surface area (Å²) in [6, 6.07) is 8.05. The van der Waals surface area contributed by atoms with E-state index < -0.39 is 11.8 Å². The van der Waals surface area contributed by atoms with Crippen molar-refractivity contribution in [3.8, 4) is 0 Å². The third-order valence-electron chi connectivity index (χ3n) is 3.18. The van der Waals surface area contributed by atoms with Gasteiger partial charge in [-0.2, -0.15) is 0 Å². The Morgan fingerprint density at radius 3 is 2.57 bits per heavy atom. The quantitative estimate of drug-likeness (QED) is 0.774. The van der Waals surface area contributed by atoms with Crippen LogP contribution in [0.5, 0.6) is 0 Å². The van der Waals surface area contributed by atoms with Gasteiger partial charge in [-0.3, -0.25) is 14.4 Å². The molecule has 0 atom stereocenters. The molecule has 3 amide bonds. The van der Waals surface area contributed by atoms with Gasteiger partial charge in [-0.05, 0) is 36.8 Å². The van der Waals surface area contributed by atoms with Crippen LogP contribution in [0.1, 0.15) is 26.5 Å². The molecule has 1 aromatic carbocycles. The van der Waals surface area contributed by atoms with E-state index >= 15 is 0 Å². The number of benzene rings is 1. The summed E-state index contributed by atoms with van der Waals surface area (Å²) >= 11 is 0. The SMILES string of the molecule is CNC(=O)CNC(=O)c1ccc(C)c(NC(=O)c2ccco2)c1. The molecule has 0 aliphatic heterocycles. The highest BCUT2D eigenvalue weighted by Gasteiger charge is 2.13. The molecule has 0 saturated heterocycles. The zero-order chi connectivity index (χ0) is 16.8. The Hall–Kier alpha value is -3.09. The summed E-state index contributed by atoms with van der Waals surface area (Å²) in [7, 11) is 1.49. The molecule has 0 spiro atoms. The lowest BCUT2D eigenvalue weighted by Crippen LogP contribution is -2.35. The van der Waals surface area contributed by atoms with Gasteiger partial charge in [0.2, 0.25) is 5.91 Å². The van der Waals surface area contributed by atoms with Crippen molar-refractivity contribution in [1.82, 2.24) is 10.6 Å². The van der Waals surface area contributed by atoms with Gasteiger partial charge in [-0.1, -0.05) is 6.07 Å². The first kappa shape index (κ1) is 16.3. The van der Waals surface area contributed by atoms with Crippen molar-refractivity contribution in [3.63, 3.8) is 0 Å². The highest BCUT2D eigenvalue weighted by molar-refractivity contribution is 6.04. The van der Waals surface area contributed by atoms with Crippen molar-refractivity contribution in [1.29, 1.82) is 0 Å². The maximum Gasteiger partial charge on any atom is 0.291 e. The molecule has 120 valence electrons. The molecule has 7 heteroatoms. The Morgan fingerprint density at radius 2 is 1.91 bits per heavy atom. The average molecular weight is 315 g/mol. The van der Waals surface area contributed by atoms with Gasteiger partial charge in [0.25, 0.3) is 11.8 Å². The van der Waals surface area contributed by atoms with Crippen LogP contribution in [0.3, 0.4) is 0 Å². The van der Waals surface area contributed by atoms with Crippen LogP contribution in [0.4, 0.5) is 5.69 Å². The van der Waals surface area contributed by atoms with Crippen molar-refractivity contribution in [3.05, 3.63) is 53.5 Å². The zero-order valence-corrected chi connectivity index (χ0v) is 12.8. The molecule has 0 bridgehead atoms. The molecule has 23 heavy (non-hydrogen) atoms. The van der Waals surface area contributed by atoms with E-state index in [0.29, 0.717) is 11.3 Å². The summed E-state index contributed by atoms with van der Waals surface area (Å²) in [4.78, 5) is 35.2. The molecule has 2 rings (SSSR count). The molecule has 0 saturated carbocycles. The molecular weight excluding hydrogens is 298 g/mol. The molecule has 3 N–H and O–H groups in total. The monoisotopic (exact) mass is 315 g/mol. The lowest BCUT2D eigenvalue weighted by molar-refractivity contribution is -0.119. The molecule has 2 aromatic rings. The summed E-state index contributed by atoms with van der Waals surface area (Å²) in [6.45, 7) is 1.70. The van der Waals surface area contributed by atoms with Crippen LogP contribution in [-0.4, -0.2) is 31.3 Å². The van der Waals surface area contributed by atoms with Crippen LogP contribution in [0.25, 0.3) is 0 Å². The number of likely N-dealkylation sites (N-methyl/N-ethyl adjacent to an activating group) is 1. The Kier molecular flexibility index (Phi) is 5.14. The smallest absolute Gasteiger partial charge is 0.291 e. The Bertz CT molecular complexity index is 723. The van der Waals surface area contributed by atoms with Crippen molar-refractivity contribution in [2.45, 2.75) is 6.92 Å². The maximum absolute atomic E-state index is 12.0. The number of aryl methyl sites for hydroxylation is 1. The number of rotatable bonds is 5. The van der Waals surface area contributed by atoms with E-state index in [1.165, 1.54) is 13.3 Å². The average Bonchev–Trinajstić information content (AvgIpc) is 3.08. The lowest BCUT2D eigenvalue weighted by Gasteiger charge is -2.10. The summed E-state index contributed by atoms with van der Waals surface area (Å²) in [5, 5.41) is 7.60. The van der Waals surface area contributed by atoms with Crippen molar-refractivity contribution < 1.29 is 18.8 Å². The number of carbonyl (C=O) groups is 3. The fourth-order valence-corrected chi connectivity index (χ4v) is 1.84. The molecule has 1 heterocycles. The second kappa shape index (κ2) is 7.26. The summed E-state index contributed by atoms with van der Waals surface area (Å²) < 4.78 is 5.03. The number of hydrogen-bond acceptors (Lipinski definition) is 4. The normalized spacial score (nSPS) is 10.0. The first-order valence-electron chi connectivity index (χ1n) is 6.95. The fraction of sp³-hybridized carbons (Fsp3) is 0.188. The minimum absolute atomic E-state index is 0.114. The second-order valence-corrected chi connectivity index (χ2v) is 4.82. The molecule has 0 aliphatic rings. The first-order valence-corrected chi connectivity index (χ1v) is 6.95. The Balaban J connectivity index is 2.10. The number of anilines is 1. The van der Waals surface area contributed by atoms with E-state index in [1.807, 2.05) is 6.92 Å². The topological polar surface area (TPSA) is 100 Å². The Labute approximate surface area is 133 Å². The van der Waals surface area contributed by atoms with Crippen molar-refractivity contribution in [2.75, 3.05) is 18.9 Å². The third-order valence-corrected chi connectivity index (χ3v) is 3.18. The van der Waals surface area contributed by atoms with E-state index in [1.54, 1.807) is 30.3 Å². The summed E-state index contributed by atoms with van der Waals surface area (Å²) in [5.41, 5.74) is 1.64. The lowest BCUT2D eigenvalue weighted by atomic mass is 10.1. The van der Waals surface area contributed by atoms with Gasteiger partial charge in [-0.15, -0.1) is 0 Å². The van der Waals surface area contributed by atoms with E-state index in [9.17, 15) is 14.4 Å². The predicted molar refractivity (Wildman–Crippen MR) is 84.2 cm³/mol. The molecule has 0 unspecified atom stereocenters.